The number of hydrogen-bond donors (Lipinski definition) is 0. The van der Waals surface area contributed by atoms with Crippen LogP contribution in [0.5, 0.6) is 11.5 Å². The van der Waals surface area contributed by atoms with E-state index in [0.29, 0.717) is 32.5 Å². The van der Waals surface area contributed by atoms with Gasteiger partial charge in [-0.05, 0) is 37.1 Å². The van der Waals surface area contributed by atoms with Gasteiger partial charge in [-0.2, -0.15) is 0 Å². The summed E-state index contributed by atoms with van der Waals surface area (Å²) >= 11 is 0. The fourth-order valence-electron chi connectivity index (χ4n) is 2.65. The maximum atomic E-state index is 5.79. The van der Waals surface area contributed by atoms with Crippen molar-refractivity contribution < 1.29 is 23.7 Å². The molecule has 0 atom stereocenters. The average molecular weight is 405 g/mol. The second-order valence-electron chi connectivity index (χ2n) is 6.78. The summed E-state index contributed by atoms with van der Waals surface area (Å²) in [4.78, 5) is 8.12. The van der Waals surface area contributed by atoms with Crippen LogP contribution in [0.4, 0.5) is 0 Å². The monoisotopic (exact) mass is 404 g/mol. The Kier molecular flexibility index (Phi) is 11.0. The molecule has 0 bridgehead atoms. The number of ether oxygens (including phenoxy) is 5. The molecule has 2 aromatic rings. The van der Waals surface area contributed by atoms with Gasteiger partial charge in [0.05, 0.1) is 45.4 Å². The van der Waals surface area contributed by atoms with E-state index < -0.39 is 0 Å². The highest BCUT2D eigenvalue weighted by Gasteiger charge is 2.15. The number of aromatic nitrogens is 2. The first-order chi connectivity index (χ1) is 14.2. The first kappa shape index (κ1) is 23.1. The average Bonchev–Trinajstić information content (AvgIpc) is 2.72. The summed E-state index contributed by atoms with van der Waals surface area (Å²) in [5, 5.41) is 0. The largest absolute Gasteiger partial charge is 0.490 e. The minimum Gasteiger partial charge on any atom is -0.490 e. The second kappa shape index (κ2) is 13.9. The van der Waals surface area contributed by atoms with E-state index in [0.717, 1.165) is 48.7 Å². The number of nitrogens with zero attached hydrogens (tertiary/aromatic N) is 2. The van der Waals surface area contributed by atoms with Gasteiger partial charge in [0.25, 0.3) is 0 Å². The Morgan fingerprint density at radius 2 is 1.48 bits per heavy atom. The van der Waals surface area contributed by atoms with Crippen LogP contribution in [0.15, 0.2) is 36.9 Å². The van der Waals surface area contributed by atoms with Crippen LogP contribution in [0, 0.1) is 13.8 Å². The molecule has 2 aromatic heterocycles. The molecule has 0 unspecified atom stereocenters. The van der Waals surface area contributed by atoms with Gasteiger partial charge >= 0.3 is 0 Å². The topological polar surface area (TPSA) is 71.9 Å². The first-order valence-electron chi connectivity index (χ1n) is 9.94. The molecular weight excluding hydrogens is 372 g/mol. The predicted molar refractivity (Wildman–Crippen MR) is 111 cm³/mol. The van der Waals surface area contributed by atoms with Crippen molar-refractivity contribution in [3.8, 4) is 11.5 Å². The molecule has 3 heterocycles. The summed E-state index contributed by atoms with van der Waals surface area (Å²) < 4.78 is 26.6. The van der Waals surface area contributed by atoms with Crippen LogP contribution >= 0.6 is 0 Å². The third kappa shape index (κ3) is 10.2. The molecule has 0 aromatic carbocycles. The lowest BCUT2D eigenvalue weighted by Crippen LogP contribution is -2.25. The van der Waals surface area contributed by atoms with Gasteiger partial charge in [-0.25, -0.2) is 0 Å². The molecule has 0 aliphatic carbocycles. The SMILES string of the molecule is COCCOCCOc1cncc(C)c1.Cc1cncc(OC2CCOCC2)c1. The molecule has 1 fully saturated rings. The Morgan fingerprint density at radius 3 is 2.14 bits per heavy atom. The summed E-state index contributed by atoms with van der Waals surface area (Å²) in [7, 11) is 1.65. The Balaban J connectivity index is 0.000000207. The fraction of sp³-hybridized carbons (Fsp3) is 0.545. The summed E-state index contributed by atoms with van der Waals surface area (Å²) in [6.07, 6.45) is 9.35. The summed E-state index contributed by atoms with van der Waals surface area (Å²) in [6.45, 7) is 7.94. The molecule has 0 spiro atoms. The molecule has 1 saturated heterocycles. The van der Waals surface area contributed by atoms with Gasteiger partial charge in [0, 0.05) is 32.3 Å². The second-order valence-corrected chi connectivity index (χ2v) is 6.78. The zero-order valence-corrected chi connectivity index (χ0v) is 17.6. The number of aryl methyl sites for hydroxylation is 2. The highest BCUT2D eigenvalue weighted by atomic mass is 16.5. The van der Waals surface area contributed by atoms with Crippen LogP contribution in [0.2, 0.25) is 0 Å². The van der Waals surface area contributed by atoms with Gasteiger partial charge in [0.15, 0.2) is 0 Å². The van der Waals surface area contributed by atoms with Gasteiger partial charge < -0.3 is 23.7 Å². The predicted octanol–water partition coefficient (Wildman–Crippen LogP) is 3.38. The van der Waals surface area contributed by atoms with Crippen LogP contribution in [-0.4, -0.2) is 62.8 Å². The first-order valence-corrected chi connectivity index (χ1v) is 9.94. The molecule has 3 rings (SSSR count). The smallest absolute Gasteiger partial charge is 0.138 e. The molecule has 0 N–H and O–H groups in total. The van der Waals surface area contributed by atoms with Crippen LogP contribution in [0.3, 0.4) is 0 Å². The lowest BCUT2D eigenvalue weighted by atomic mass is 10.1. The summed E-state index contributed by atoms with van der Waals surface area (Å²) in [6, 6.07) is 3.96. The van der Waals surface area contributed by atoms with Crippen molar-refractivity contribution in [2.45, 2.75) is 32.8 Å². The molecule has 0 radical (unpaired) electrons. The third-order valence-corrected chi connectivity index (χ3v) is 4.10. The quantitative estimate of drug-likeness (QED) is 0.593. The van der Waals surface area contributed by atoms with Gasteiger partial charge in [0.2, 0.25) is 0 Å². The molecule has 1 aliphatic rings. The van der Waals surface area contributed by atoms with Crippen LogP contribution < -0.4 is 9.47 Å². The lowest BCUT2D eigenvalue weighted by Gasteiger charge is -2.23. The third-order valence-electron chi connectivity index (χ3n) is 4.10. The van der Waals surface area contributed by atoms with Crippen molar-refractivity contribution >= 4 is 0 Å². The fourth-order valence-corrected chi connectivity index (χ4v) is 2.65. The minimum atomic E-state index is 0.298. The molecule has 7 nitrogen and oxygen atoms in total. The Bertz CT molecular complexity index is 692. The van der Waals surface area contributed by atoms with Crippen LogP contribution in [-0.2, 0) is 14.2 Å². The van der Waals surface area contributed by atoms with Gasteiger partial charge in [0.1, 0.15) is 24.2 Å². The minimum absolute atomic E-state index is 0.298. The van der Waals surface area contributed by atoms with E-state index in [9.17, 15) is 0 Å². The van der Waals surface area contributed by atoms with Crippen molar-refractivity contribution in [3.05, 3.63) is 48.0 Å². The van der Waals surface area contributed by atoms with E-state index >= 15 is 0 Å². The number of pyridine rings is 2. The maximum Gasteiger partial charge on any atom is 0.138 e. The zero-order chi connectivity index (χ0) is 20.7. The van der Waals surface area contributed by atoms with E-state index in [2.05, 4.69) is 9.97 Å². The van der Waals surface area contributed by atoms with Crippen LogP contribution in [0.25, 0.3) is 0 Å². The van der Waals surface area contributed by atoms with E-state index in [-0.39, 0.29) is 0 Å². The Hall–Kier alpha value is -2.22. The summed E-state index contributed by atoms with van der Waals surface area (Å²) in [5.74, 6) is 1.65. The van der Waals surface area contributed by atoms with Crippen molar-refractivity contribution in [2.75, 3.05) is 46.8 Å². The summed E-state index contributed by atoms with van der Waals surface area (Å²) in [5.41, 5.74) is 2.22. The van der Waals surface area contributed by atoms with Crippen molar-refractivity contribution in [3.63, 3.8) is 0 Å². The normalized spacial score (nSPS) is 14.0. The van der Waals surface area contributed by atoms with E-state index in [1.165, 1.54) is 0 Å². The van der Waals surface area contributed by atoms with Crippen molar-refractivity contribution in [1.82, 2.24) is 9.97 Å². The zero-order valence-electron chi connectivity index (χ0n) is 17.6. The molecule has 0 saturated carbocycles. The Morgan fingerprint density at radius 1 is 0.862 bits per heavy atom. The highest BCUT2D eigenvalue weighted by Crippen LogP contribution is 2.17. The van der Waals surface area contributed by atoms with Crippen molar-refractivity contribution in [2.24, 2.45) is 0 Å². The highest BCUT2D eigenvalue weighted by molar-refractivity contribution is 5.23. The number of methoxy groups -OCH3 is 1. The molecule has 29 heavy (non-hydrogen) atoms. The van der Waals surface area contributed by atoms with Gasteiger partial charge in [-0.1, -0.05) is 0 Å². The lowest BCUT2D eigenvalue weighted by molar-refractivity contribution is 0.0254. The standard InChI is InChI=1S/C11H17NO3.C11H15NO2/c1-10-7-11(9-12-8-10)15-6-5-14-4-3-13-2;1-9-6-11(8-12-7-9)14-10-2-4-13-5-3-10/h7-9H,3-6H2,1-2H3;6-8,10H,2-5H2,1H3. The molecule has 7 heteroatoms. The molecule has 0 amide bonds. The maximum absolute atomic E-state index is 5.79. The van der Waals surface area contributed by atoms with Crippen molar-refractivity contribution in [1.29, 1.82) is 0 Å². The van der Waals surface area contributed by atoms with E-state index in [1.54, 1.807) is 25.7 Å². The number of rotatable bonds is 9. The Labute approximate surface area is 173 Å². The van der Waals surface area contributed by atoms with Crippen LogP contribution in [0.1, 0.15) is 24.0 Å². The van der Waals surface area contributed by atoms with Gasteiger partial charge in [-0.15, -0.1) is 0 Å². The van der Waals surface area contributed by atoms with E-state index in [4.69, 9.17) is 23.7 Å². The molecule has 1 aliphatic heterocycles. The van der Waals surface area contributed by atoms with E-state index in [1.807, 2.05) is 32.2 Å². The number of hydrogen-bond acceptors (Lipinski definition) is 7. The molecule has 160 valence electrons. The molecular formula is C22H32N2O5. The van der Waals surface area contributed by atoms with Gasteiger partial charge in [-0.3, -0.25) is 9.97 Å².